The average Bonchev–Trinajstić information content (AvgIpc) is 2.88. The van der Waals surface area contributed by atoms with Crippen LogP contribution in [0.15, 0.2) is 42.1 Å². The van der Waals surface area contributed by atoms with Crippen molar-refractivity contribution < 1.29 is 9.53 Å². The molecular formula is C19H15ClI2N2O2S. The normalized spacial score (nSPS) is 15.4. The quantitative estimate of drug-likeness (QED) is 0.282. The summed E-state index contributed by atoms with van der Waals surface area (Å²) in [6.07, 6.45) is 1.82. The number of nitrogens with zero attached hydrogens (tertiary/aromatic N) is 1. The highest BCUT2D eigenvalue weighted by Crippen LogP contribution is 2.31. The molecule has 1 aliphatic rings. The monoisotopic (exact) mass is 624 g/mol. The fourth-order valence-corrected chi connectivity index (χ4v) is 5.14. The number of thiocarbonyl (C=S) groups is 1. The van der Waals surface area contributed by atoms with Crippen LogP contribution in [0.25, 0.3) is 6.08 Å². The molecule has 3 rings (SSSR count). The van der Waals surface area contributed by atoms with Crippen LogP contribution < -0.4 is 10.1 Å². The van der Waals surface area contributed by atoms with E-state index in [0.29, 0.717) is 29.0 Å². The number of hydrogen-bond acceptors (Lipinski definition) is 3. The number of likely N-dealkylation sites (N-methyl/N-ethyl adjacent to an activating group) is 1. The number of nitrogens with one attached hydrogen (secondary N) is 1. The molecule has 1 aliphatic heterocycles. The number of halogens is 3. The summed E-state index contributed by atoms with van der Waals surface area (Å²) in [5.41, 5.74) is 2.45. The lowest BCUT2D eigenvalue weighted by atomic mass is 10.2. The van der Waals surface area contributed by atoms with Gasteiger partial charge in [-0.3, -0.25) is 9.69 Å². The second-order valence-electron chi connectivity index (χ2n) is 5.77. The van der Waals surface area contributed by atoms with E-state index in [1.54, 1.807) is 4.90 Å². The molecule has 4 nitrogen and oxygen atoms in total. The third kappa shape index (κ3) is 4.93. The summed E-state index contributed by atoms with van der Waals surface area (Å²) in [5.74, 6) is 0.722. The van der Waals surface area contributed by atoms with Crippen LogP contribution in [0.5, 0.6) is 5.75 Å². The van der Waals surface area contributed by atoms with Crippen molar-refractivity contribution in [1.82, 2.24) is 10.2 Å². The zero-order valence-corrected chi connectivity index (χ0v) is 20.1. The molecule has 1 saturated heterocycles. The first-order chi connectivity index (χ1) is 12.9. The van der Waals surface area contributed by atoms with Crippen LogP contribution in [0.1, 0.15) is 18.1 Å². The maximum atomic E-state index is 12.3. The van der Waals surface area contributed by atoms with E-state index in [-0.39, 0.29) is 5.91 Å². The van der Waals surface area contributed by atoms with E-state index in [0.717, 1.165) is 24.0 Å². The molecule has 0 aromatic heterocycles. The molecule has 0 atom stereocenters. The SMILES string of the molecule is CCN1C(=O)/C(=C/c2cc(I)c(OCc3ccc(Cl)cc3)c(I)c2)NC1=S. The summed E-state index contributed by atoms with van der Waals surface area (Å²) in [4.78, 5) is 13.9. The summed E-state index contributed by atoms with van der Waals surface area (Å²) < 4.78 is 7.95. The van der Waals surface area contributed by atoms with E-state index < -0.39 is 0 Å². The molecule has 27 heavy (non-hydrogen) atoms. The van der Waals surface area contributed by atoms with Crippen molar-refractivity contribution >= 4 is 86.1 Å². The van der Waals surface area contributed by atoms with Gasteiger partial charge in [-0.05, 0) is 106 Å². The Bertz CT molecular complexity index is 909. The third-order valence-electron chi connectivity index (χ3n) is 3.91. The summed E-state index contributed by atoms with van der Waals surface area (Å²) in [5, 5.41) is 4.13. The van der Waals surface area contributed by atoms with E-state index in [1.165, 1.54) is 0 Å². The number of carbonyl (C=O) groups is 1. The minimum absolute atomic E-state index is 0.101. The van der Waals surface area contributed by atoms with E-state index in [1.807, 2.05) is 49.4 Å². The highest BCUT2D eigenvalue weighted by atomic mass is 127. The standard InChI is InChI=1S/C19H15ClI2N2O2S/c1-2-24-18(25)16(23-19(24)27)9-12-7-14(21)17(15(22)8-12)26-10-11-3-5-13(20)6-4-11/h3-9H,2,10H2,1H3,(H,23,27)/b16-9-. The summed E-state index contributed by atoms with van der Waals surface area (Å²) in [7, 11) is 0. The Balaban J connectivity index is 1.79. The van der Waals surface area contributed by atoms with E-state index in [9.17, 15) is 4.79 Å². The highest BCUT2D eigenvalue weighted by molar-refractivity contribution is 14.1. The van der Waals surface area contributed by atoms with Crippen molar-refractivity contribution in [2.75, 3.05) is 6.54 Å². The van der Waals surface area contributed by atoms with Crippen molar-refractivity contribution in [1.29, 1.82) is 0 Å². The second-order valence-corrected chi connectivity index (χ2v) is 8.91. The molecule has 1 N–H and O–H groups in total. The highest BCUT2D eigenvalue weighted by Gasteiger charge is 2.29. The largest absolute Gasteiger partial charge is 0.487 e. The van der Waals surface area contributed by atoms with Gasteiger partial charge in [-0.25, -0.2) is 0 Å². The van der Waals surface area contributed by atoms with Crippen molar-refractivity contribution in [3.63, 3.8) is 0 Å². The summed E-state index contributed by atoms with van der Waals surface area (Å²) >= 11 is 15.6. The van der Waals surface area contributed by atoms with Crippen molar-refractivity contribution in [3.05, 3.63) is 65.4 Å². The predicted molar refractivity (Wildman–Crippen MR) is 129 cm³/mol. The number of carbonyl (C=O) groups excluding carboxylic acids is 1. The van der Waals surface area contributed by atoms with Crippen LogP contribution >= 0.6 is 69.0 Å². The van der Waals surface area contributed by atoms with Crippen LogP contribution in [0, 0.1) is 7.14 Å². The first-order valence-electron chi connectivity index (χ1n) is 8.10. The molecule has 2 aromatic carbocycles. The Kier molecular flexibility index (Phi) is 6.98. The number of ether oxygens (including phenoxy) is 1. The molecule has 1 fully saturated rings. The predicted octanol–water partition coefficient (Wildman–Crippen LogP) is 5.21. The minimum atomic E-state index is -0.101. The smallest absolute Gasteiger partial charge is 0.276 e. The zero-order valence-electron chi connectivity index (χ0n) is 14.3. The van der Waals surface area contributed by atoms with Gasteiger partial charge in [0.15, 0.2) is 5.11 Å². The van der Waals surface area contributed by atoms with Gasteiger partial charge in [0.05, 0.1) is 7.14 Å². The van der Waals surface area contributed by atoms with Gasteiger partial charge in [0.1, 0.15) is 18.1 Å². The molecule has 0 spiro atoms. The van der Waals surface area contributed by atoms with Gasteiger partial charge in [0, 0.05) is 11.6 Å². The Morgan fingerprint density at radius 2 is 1.85 bits per heavy atom. The average molecular weight is 625 g/mol. The maximum absolute atomic E-state index is 12.3. The van der Waals surface area contributed by atoms with Gasteiger partial charge in [-0.2, -0.15) is 0 Å². The molecule has 1 amide bonds. The van der Waals surface area contributed by atoms with Crippen LogP contribution in [0.3, 0.4) is 0 Å². The van der Waals surface area contributed by atoms with Crippen molar-refractivity contribution in [2.24, 2.45) is 0 Å². The van der Waals surface area contributed by atoms with E-state index >= 15 is 0 Å². The Hall–Kier alpha value is -0.910. The molecule has 1 heterocycles. The fourth-order valence-electron chi connectivity index (χ4n) is 2.56. The summed E-state index contributed by atoms with van der Waals surface area (Å²) in [6.45, 7) is 2.91. The van der Waals surface area contributed by atoms with Gasteiger partial charge < -0.3 is 10.1 Å². The molecule has 140 valence electrons. The van der Waals surface area contributed by atoms with Gasteiger partial charge in [-0.15, -0.1) is 0 Å². The first-order valence-corrected chi connectivity index (χ1v) is 11.0. The Morgan fingerprint density at radius 1 is 1.22 bits per heavy atom. The Morgan fingerprint density at radius 3 is 2.41 bits per heavy atom. The van der Waals surface area contributed by atoms with Crippen LogP contribution in [-0.2, 0) is 11.4 Å². The zero-order chi connectivity index (χ0) is 19.6. The molecule has 0 radical (unpaired) electrons. The lowest BCUT2D eigenvalue weighted by Crippen LogP contribution is -2.30. The first kappa shape index (κ1) is 20.8. The second kappa shape index (κ2) is 9.06. The lowest BCUT2D eigenvalue weighted by Gasteiger charge is -2.12. The molecule has 0 saturated carbocycles. The van der Waals surface area contributed by atoms with E-state index in [4.69, 9.17) is 28.6 Å². The Labute approximate surface area is 195 Å². The molecule has 2 aromatic rings. The number of amides is 1. The number of benzene rings is 2. The van der Waals surface area contributed by atoms with Crippen LogP contribution in [0.4, 0.5) is 0 Å². The maximum Gasteiger partial charge on any atom is 0.276 e. The van der Waals surface area contributed by atoms with Crippen LogP contribution in [0.2, 0.25) is 5.02 Å². The van der Waals surface area contributed by atoms with Gasteiger partial charge in [0.2, 0.25) is 0 Å². The molecule has 0 unspecified atom stereocenters. The van der Waals surface area contributed by atoms with Crippen molar-refractivity contribution in [3.8, 4) is 5.75 Å². The lowest BCUT2D eigenvalue weighted by molar-refractivity contribution is -0.122. The molecule has 0 bridgehead atoms. The van der Waals surface area contributed by atoms with Crippen molar-refractivity contribution in [2.45, 2.75) is 13.5 Å². The van der Waals surface area contributed by atoms with Crippen LogP contribution in [-0.4, -0.2) is 22.5 Å². The van der Waals surface area contributed by atoms with Gasteiger partial charge in [-0.1, -0.05) is 23.7 Å². The van der Waals surface area contributed by atoms with Gasteiger partial charge >= 0.3 is 0 Å². The molecule has 8 heteroatoms. The molecule has 0 aliphatic carbocycles. The number of rotatable bonds is 5. The topological polar surface area (TPSA) is 41.6 Å². The third-order valence-corrected chi connectivity index (χ3v) is 6.08. The summed E-state index contributed by atoms with van der Waals surface area (Å²) in [6, 6.07) is 11.6. The minimum Gasteiger partial charge on any atom is -0.487 e. The fraction of sp³-hybridized carbons (Fsp3) is 0.158. The van der Waals surface area contributed by atoms with E-state index in [2.05, 4.69) is 50.5 Å². The molecular weight excluding hydrogens is 610 g/mol. The van der Waals surface area contributed by atoms with Gasteiger partial charge in [0.25, 0.3) is 5.91 Å². The number of hydrogen-bond donors (Lipinski definition) is 1.